The van der Waals surface area contributed by atoms with Crippen LogP contribution in [0.4, 0.5) is 0 Å². The molecule has 3 rings (SSSR count). The van der Waals surface area contributed by atoms with Crippen LogP contribution in [0.2, 0.25) is 0 Å². The lowest BCUT2D eigenvalue weighted by Gasteiger charge is -2.35. The highest BCUT2D eigenvalue weighted by molar-refractivity contribution is 5.98. The Morgan fingerprint density at radius 3 is 2.23 bits per heavy atom. The van der Waals surface area contributed by atoms with E-state index in [2.05, 4.69) is 0 Å². The Bertz CT molecular complexity index is 1030. The zero-order chi connectivity index (χ0) is 23.0. The van der Waals surface area contributed by atoms with E-state index in [0.717, 1.165) is 6.07 Å². The molecule has 31 heavy (non-hydrogen) atoms. The predicted octanol–water partition coefficient (Wildman–Crippen LogP) is 2.37. The third kappa shape index (κ3) is 3.51. The van der Waals surface area contributed by atoms with Crippen molar-refractivity contribution in [2.24, 2.45) is 11.7 Å². The highest BCUT2D eigenvalue weighted by Gasteiger charge is 2.42. The molecule has 2 aromatic rings. The van der Waals surface area contributed by atoms with Gasteiger partial charge in [-0.2, -0.15) is 0 Å². The third-order valence-corrected chi connectivity index (χ3v) is 6.21. The summed E-state index contributed by atoms with van der Waals surface area (Å²) in [7, 11) is 1.23. The number of methoxy groups -OCH3 is 1. The van der Waals surface area contributed by atoms with Crippen LogP contribution < -0.4 is 5.73 Å². The van der Waals surface area contributed by atoms with Crippen LogP contribution in [0.1, 0.15) is 83.0 Å². The maximum absolute atomic E-state index is 12.9. The van der Waals surface area contributed by atoms with Crippen LogP contribution in [0, 0.1) is 5.92 Å². The van der Waals surface area contributed by atoms with Gasteiger partial charge < -0.3 is 30.9 Å². The zero-order valence-corrected chi connectivity index (χ0v) is 17.6. The number of carbonyl (C=O) groups excluding carboxylic acids is 2. The summed E-state index contributed by atoms with van der Waals surface area (Å²) in [5, 5.41) is 43.2. The molecule has 0 saturated carbocycles. The summed E-state index contributed by atoms with van der Waals surface area (Å²) in [5.74, 6) is -3.45. The number of rotatable bonds is 6. The average Bonchev–Trinajstić information content (AvgIpc) is 2.74. The van der Waals surface area contributed by atoms with E-state index in [1.165, 1.54) is 25.3 Å². The molecule has 8 nitrogen and oxygen atoms in total. The molecule has 3 atom stereocenters. The number of fused-ring (bicyclic) bond motifs is 2. The molecule has 166 valence electrons. The van der Waals surface area contributed by atoms with Gasteiger partial charge in [0.1, 0.15) is 23.7 Å². The van der Waals surface area contributed by atoms with Crippen LogP contribution in [0.25, 0.3) is 0 Å². The van der Waals surface area contributed by atoms with E-state index in [4.69, 9.17) is 10.5 Å². The molecule has 6 N–H and O–H groups in total. The van der Waals surface area contributed by atoms with E-state index in [0.29, 0.717) is 12.8 Å². The predicted molar refractivity (Wildman–Crippen MR) is 112 cm³/mol. The highest BCUT2D eigenvalue weighted by atomic mass is 16.5. The number of benzene rings is 2. The molecule has 0 bridgehead atoms. The van der Waals surface area contributed by atoms with Crippen molar-refractivity contribution < 1.29 is 34.8 Å². The molecular weight excluding hydrogens is 402 g/mol. The minimum Gasteiger partial charge on any atom is -0.508 e. The van der Waals surface area contributed by atoms with Crippen molar-refractivity contribution in [3.8, 4) is 11.5 Å². The Kier molecular flexibility index (Phi) is 6.24. The van der Waals surface area contributed by atoms with Crippen LogP contribution >= 0.6 is 0 Å². The number of carbonyl (C=O) groups is 2. The van der Waals surface area contributed by atoms with Crippen LogP contribution in [0.15, 0.2) is 24.3 Å². The van der Waals surface area contributed by atoms with Gasteiger partial charge in [-0.25, -0.2) is 0 Å². The number of hydrogen-bond donors (Lipinski definition) is 5. The SMILES string of the molecule is CCC(CC)C(C(=O)OC)c1c(C(N)=O)cc(O)c2c1C(O)c1cccc(O)c1C2O. The fourth-order valence-electron chi connectivity index (χ4n) is 4.68. The summed E-state index contributed by atoms with van der Waals surface area (Å²) in [4.78, 5) is 25.2. The smallest absolute Gasteiger partial charge is 0.313 e. The van der Waals surface area contributed by atoms with Gasteiger partial charge in [0.2, 0.25) is 5.91 Å². The number of nitrogens with two attached hydrogens (primary N) is 1. The van der Waals surface area contributed by atoms with Crippen LogP contribution in [0.3, 0.4) is 0 Å². The first-order valence-corrected chi connectivity index (χ1v) is 10.1. The third-order valence-electron chi connectivity index (χ3n) is 6.21. The molecule has 2 aromatic carbocycles. The minimum absolute atomic E-state index is 0.0294. The van der Waals surface area contributed by atoms with Gasteiger partial charge in [-0.15, -0.1) is 0 Å². The fourth-order valence-corrected chi connectivity index (χ4v) is 4.68. The van der Waals surface area contributed by atoms with Crippen molar-refractivity contribution in [1.29, 1.82) is 0 Å². The second-order valence-electron chi connectivity index (χ2n) is 7.71. The molecule has 8 heteroatoms. The zero-order valence-electron chi connectivity index (χ0n) is 17.6. The summed E-state index contributed by atoms with van der Waals surface area (Å²) in [5.41, 5.74) is 5.79. The van der Waals surface area contributed by atoms with Crippen molar-refractivity contribution >= 4 is 11.9 Å². The maximum atomic E-state index is 12.9. The van der Waals surface area contributed by atoms with E-state index in [1.807, 2.05) is 13.8 Å². The molecular formula is C23H27NO7. The molecule has 0 radical (unpaired) electrons. The lowest BCUT2D eigenvalue weighted by atomic mass is 9.71. The van der Waals surface area contributed by atoms with E-state index in [1.54, 1.807) is 0 Å². The van der Waals surface area contributed by atoms with Crippen molar-refractivity contribution in [1.82, 2.24) is 0 Å². The summed E-state index contributed by atoms with van der Waals surface area (Å²) in [6, 6.07) is 5.48. The number of aliphatic hydroxyl groups is 2. The monoisotopic (exact) mass is 429 g/mol. The second-order valence-corrected chi connectivity index (χ2v) is 7.71. The molecule has 0 fully saturated rings. The van der Waals surface area contributed by atoms with Gasteiger partial charge in [-0.3, -0.25) is 9.59 Å². The number of phenolic OH excluding ortho intramolecular Hbond substituents is 2. The lowest BCUT2D eigenvalue weighted by Crippen LogP contribution is -2.31. The van der Waals surface area contributed by atoms with Crippen LogP contribution in [0.5, 0.6) is 11.5 Å². The first kappa shape index (κ1) is 22.6. The Hall–Kier alpha value is -3.10. The Morgan fingerprint density at radius 1 is 1.03 bits per heavy atom. The number of ether oxygens (including phenoxy) is 1. The minimum atomic E-state index is -1.49. The molecule has 1 aliphatic rings. The summed E-state index contributed by atoms with van der Waals surface area (Å²) in [6.45, 7) is 3.78. The number of phenols is 2. The van der Waals surface area contributed by atoms with Crippen molar-refractivity contribution in [3.05, 3.63) is 57.6 Å². The molecule has 0 saturated heterocycles. The van der Waals surface area contributed by atoms with Gasteiger partial charge in [-0.1, -0.05) is 38.8 Å². The maximum Gasteiger partial charge on any atom is 0.313 e. The molecule has 1 amide bonds. The Balaban J connectivity index is 2.45. The summed E-state index contributed by atoms with van der Waals surface area (Å²) >= 11 is 0. The van der Waals surface area contributed by atoms with E-state index < -0.39 is 35.8 Å². The standard InChI is InChI=1S/C23H27NO7/c1-4-10(5-2)15(23(30)31-3)17-12(22(24)29)9-14(26)18-19(17)20(27)11-7-6-8-13(25)16(11)21(18)28/h6-10,15,20-21,25-28H,4-5H2,1-3H3,(H2,24,29). The van der Waals surface area contributed by atoms with Gasteiger partial charge in [0.15, 0.2) is 0 Å². The number of primary amides is 1. The first-order chi connectivity index (χ1) is 14.7. The van der Waals surface area contributed by atoms with Crippen LogP contribution in [-0.2, 0) is 9.53 Å². The number of aliphatic hydroxyl groups excluding tert-OH is 2. The molecule has 3 unspecified atom stereocenters. The summed E-state index contributed by atoms with van der Waals surface area (Å²) < 4.78 is 5.02. The van der Waals surface area contributed by atoms with E-state index >= 15 is 0 Å². The topological polar surface area (TPSA) is 150 Å². The number of hydrogen-bond acceptors (Lipinski definition) is 7. The van der Waals surface area contributed by atoms with Crippen LogP contribution in [-0.4, -0.2) is 39.4 Å². The van der Waals surface area contributed by atoms with E-state index in [-0.39, 0.29) is 45.0 Å². The van der Waals surface area contributed by atoms with Gasteiger partial charge in [0.25, 0.3) is 0 Å². The summed E-state index contributed by atoms with van der Waals surface area (Å²) in [6.07, 6.45) is -1.78. The molecule has 0 aliphatic heterocycles. The van der Waals surface area contributed by atoms with Crippen molar-refractivity contribution in [3.63, 3.8) is 0 Å². The Morgan fingerprint density at radius 2 is 1.68 bits per heavy atom. The molecule has 0 spiro atoms. The van der Waals surface area contributed by atoms with Crippen molar-refractivity contribution in [2.45, 2.75) is 44.8 Å². The normalized spacial score (nSPS) is 18.3. The second kappa shape index (κ2) is 8.56. The van der Waals surface area contributed by atoms with Gasteiger partial charge in [0, 0.05) is 16.7 Å². The number of aromatic hydroxyl groups is 2. The first-order valence-electron chi connectivity index (χ1n) is 10.1. The number of amides is 1. The van der Waals surface area contributed by atoms with Gasteiger partial charge in [0.05, 0.1) is 13.0 Å². The molecule has 0 heterocycles. The molecule has 0 aromatic heterocycles. The highest BCUT2D eigenvalue weighted by Crippen LogP contribution is 2.52. The molecule has 1 aliphatic carbocycles. The average molecular weight is 429 g/mol. The van der Waals surface area contributed by atoms with E-state index in [9.17, 15) is 30.0 Å². The Labute approximate surface area is 179 Å². The fraction of sp³-hybridized carbons (Fsp3) is 0.391. The largest absolute Gasteiger partial charge is 0.508 e. The van der Waals surface area contributed by atoms with Gasteiger partial charge >= 0.3 is 5.97 Å². The lowest BCUT2D eigenvalue weighted by molar-refractivity contribution is -0.144. The van der Waals surface area contributed by atoms with Gasteiger partial charge in [-0.05, 0) is 34.7 Å². The number of esters is 1. The quantitative estimate of drug-likeness (QED) is 0.442. The van der Waals surface area contributed by atoms with Crippen molar-refractivity contribution in [2.75, 3.05) is 7.11 Å².